The summed E-state index contributed by atoms with van der Waals surface area (Å²) in [6, 6.07) is 27.9. The van der Waals surface area contributed by atoms with Crippen molar-refractivity contribution < 1.29 is 24.4 Å². The van der Waals surface area contributed by atoms with Crippen molar-refractivity contribution >= 4 is 60.1 Å². The second-order valence-corrected chi connectivity index (χ2v) is 10.8. The molecule has 0 saturated carbocycles. The standard InChI is InChI=1S/C28H19N4O5P.2ClH/c33-27(34)23-14-4-10-19(29-23)21-12-6-16-25(31-21)38(37,18-8-2-1-3-9-18)26-17-7-13-22(32-26)20-11-5-15-24(30-20)28(35)36;;/h1-17H,(H,33,34)(H,35,36);2*1H. The number of carbonyl (C=O) groups is 2. The molecule has 40 heavy (non-hydrogen) atoms. The summed E-state index contributed by atoms with van der Waals surface area (Å²) >= 11 is 0. The van der Waals surface area contributed by atoms with Gasteiger partial charge in [-0.15, -0.1) is 24.8 Å². The van der Waals surface area contributed by atoms with Gasteiger partial charge in [0, 0.05) is 5.30 Å². The minimum Gasteiger partial charge on any atom is -0.477 e. The second-order valence-electron chi connectivity index (χ2n) is 8.13. The van der Waals surface area contributed by atoms with Gasteiger partial charge >= 0.3 is 11.9 Å². The van der Waals surface area contributed by atoms with E-state index in [2.05, 4.69) is 19.9 Å². The van der Waals surface area contributed by atoms with Crippen LogP contribution in [0, 0.1) is 0 Å². The number of hydrogen-bond donors (Lipinski definition) is 2. The van der Waals surface area contributed by atoms with Gasteiger partial charge in [-0.05, 0) is 48.5 Å². The number of nitrogens with zero attached hydrogens (tertiary/aromatic N) is 4. The molecule has 2 N–H and O–H groups in total. The van der Waals surface area contributed by atoms with Crippen LogP contribution in [0.5, 0.6) is 0 Å². The molecule has 9 nitrogen and oxygen atoms in total. The quantitative estimate of drug-likeness (QED) is 0.260. The molecule has 0 spiro atoms. The van der Waals surface area contributed by atoms with Gasteiger partial charge in [-0.3, -0.25) is 0 Å². The van der Waals surface area contributed by atoms with E-state index >= 15 is 0 Å². The minimum atomic E-state index is -3.64. The molecule has 0 radical (unpaired) electrons. The summed E-state index contributed by atoms with van der Waals surface area (Å²) in [6.07, 6.45) is 0. The minimum absolute atomic E-state index is 0. The summed E-state index contributed by atoms with van der Waals surface area (Å²) in [6.45, 7) is 0. The summed E-state index contributed by atoms with van der Waals surface area (Å²) in [5.74, 6) is -2.33. The smallest absolute Gasteiger partial charge is 0.354 e. The molecule has 0 bridgehead atoms. The van der Waals surface area contributed by atoms with Crippen LogP contribution in [0.3, 0.4) is 0 Å². The third kappa shape index (κ3) is 5.92. The molecule has 0 saturated heterocycles. The lowest BCUT2D eigenvalue weighted by Gasteiger charge is -2.19. The Morgan fingerprint density at radius 2 is 0.875 bits per heavy atom. The maximum absolute atomic E-state index is 15.0. The van der Waals surface area contributed by atoms with Crippen LogP contribution in [0.4, 0.5) is 0 Å². The van der Waals surface area contributed by atoms with Crippen LogP contribution in [0.2, 0.25) is 0 Å². The fourth-order valence-corrected chi connectivity index (χ4v) is 6.34. The first-order valence-corrected chi connectivity index (χ1v) is 13.1. The highest BCUT2D eigenvalue weighted by Gasteiger charge is 2.33. The topological polar surface area (TPSA) is 143 Å². The summed E-state index contributed by atoms with van der Waals surface area (Å²) in [5.41, 5.74) is 1.56. The van der Waals surface area contributed by atoms with Crippen molar-refractivity contribution in [2.75, 3.05) is 0 Å². The van der Waals surface area contributed by atoms with Crippen molar-refractivity contribution in [3.63, 3.8) is 0 Å². The Kier molecular flexibility index (Phi) is 9.50. The van der Waals surface area contributed by atoms with E-state index < -0.39 is 19.1 Å². The first-order valence-electron chi connectivity index (χ1n) is 11.4. The van der Waals surface area contributed by atoms with Gasteiger partial charge in [0.05, 0.1) is 22.8 Å². The van der Waals surface area contributed by atoms with E-state index in [1.54, 1.807) is 84.9 Å². The van der Waals surface area contributed by atoms with Gasteiger partial charge in [-0.1, -0.05) is 54.6 Å². The van der Waals surface area contributed by atoms with E-state index in [9.17, 15) is 24.4 Å². The predicted octanol–water partition coefficient (Wildman–Crippen LogP) is 4.48. The van der Waals surface area contributed by atoms with Gasteiger partial charge in [0.25, 0.3) is 0 Å². The van der Waals surface area contributed by atoms with Gasteiger partial charge in [0.2, 0.25) is 7.14 Å². The van der Waals surface area contributed by atoms with Crippen LogP contribution in [0.15, 0.2) is 103 Å². The lowest BCUT2D eigenvalue weighted by Crippen LogP contribution is -2.29. The van der Waals surface area contributed by atoms with E-state index in [1.165, 1.54) is 12.1 Å². The molecule has 0 amide bonds. The molecule has 5 rings (SSSR count). The average molecular weight is 595 g/mol. The number of hydrogen-bond acceptors (Lipinski definition) is 7. The molecule has 4 heterocycles. The van der Waals surface area contributed by atoms with E-state index in [0.717, 1.165) is 0 Å². The number of aromatic carboxylic acids is 2. The number of pyridine rings is 4. The number of carboxylic acids is 2. The van der Waals surface area contributed by atoms with Gasteiger partial charge < -0.3 is 14.8 Å². The van der Waals surface area contributed by atoms with E-state index in [1.807, 2.05) is 6.07 Å². The van der Waals surface area contributed by atoms with Crippen LogP contribution < -0.4 is 16.2 Å². The molecular weight excluding hydrogens is 574 g/mol. The Labute approximate surface area is 241 Å². The first kappa shape index (κ1) is 30.1. The highest BCUT2D eigenvalue weighted by molar-refractivity contribution is 7.84. The lowest BCUT2D eigenvalue weighted by molar-refractivity contribution is 0.0680. The molecular formula is C28H21Cl2N4O5P. The van der Waals surface area contributed by atoms with Crippen molar-refractivity contribution in [3.05, 3.63) is 115 Å². The van der Waals surface area contributed by atoms with E-state index in [4.69, 9.17) is 0 Å². The van der Waals surface area contributed by atoms with Crippen molar-refractivity contribution in [1.29, 1.82) is 0 Å². The number of aromatic nitrogens is 4. The van der Waals surface area contributed by atoms with Crippen LogP contribution in [0.1, 0.15) is 21.0 Å². The molecule has 12 heteroatoms. The Bertz CT molecular complexity index is 1630. The first-order chi connectivity index (χ1) is 18.4. The van der Waals surface area contributed by atoms with E-state index in [-0.39, 0.29) is 47.1 Å². The van der Waals surface area contributed by atoms with Crippen molar-refractivity contribution in [2.24, 2.45) is 0 Å². The number of carboxylic acid groups (broad SMARTS) is 2. The Morgan fingerprint density at radius 3 is 1.27 bits per heavy atom. The zero-order valence-corrected chi connectivity index (χ0v) is 23.0. The van der Waals surface area contributed by atoms with Crippen LogP contribution in [-0.2, 0) is 4.57 Å². The van der Waals surface area contributed by atoms with Crippen LogP contribution in [-0.4, -0.2) is 42.1 Å². The molecule has 0 aliphatic rings. The normalized spacial score (nSPS) is 10.6. The van der Waals surface area contributed by atoms with E-state index in [0.29, 0.717) is 28.1 Å². The van der Waals surface area contributed by atoms with Crippen LogP contribution >= 0.6 is 32.0 Å². The number of rotatable bonds is 7. The fourth-order valence-electron chi connectivity index (χ4n) is 3.90. The molecule has 0 atom stereocenters. The summed E-state index contributed by atoms with van der Waals surface area (Å²) in [5, 5.41) is 19.2. The molecule has 0 fully saturated rings. The Balaban J connectivity index is 0.00000220. The van der Waals surface area contributed by atoms with Gasteiger partial charge in [0.1, 0.15) is 22.3 Å². The largest absolute Gasteiger partial charge is 0.477 e. The van der Waals surface area contributed by atoms with Crippen LogP contribution in [0.25, 0.3) is 22.8 Å². The summed E-state index contributed by atoms with van der Waals surface area (Å²) in [7, 11) is -3.64. The lowest BCUT2D eigenvalue weighted by atomic mass is 10.2. The maximum atomic E-state index is 15.0. The Hall–Kier alpha value is -4.43. The van der Waals surface area contributed by atoms with Gasteiger partial charge in [-0.2, -0.15) is 0 Å². The highest BCUT2D eigenvalue weighted by Crippen LogP contribution is 2.41. The molecule has 0 aliphatic heterocycles. The van der Waals surface area contributed by atoms with Gasteiger partial charge in [-0.25, -0.2) is 29.5 Å². The van der Waals surface area contributed by atoms with Crippen molar-refractivity contribution in [1.82, 2.24) is 19.9 Å². The molecule has 5 aromatic rings. The molecule has 1 aromatic carbocycles. The third-order valence-electron chi connectivity index (χ3n) is 5.70. The number of halogens is 2. The second kappa shape index (κ2) is 12.6. The average Bonchev–Trinajstić information content (AvgIpc) is 2.97. The zero-order valence-electron chi connectivity index (χ0n) is 20.5. The van der Waals surface area contributed by atoms with Crippen molar-refractivity contribution in [3.8, 4) is 22.8 Å². The summed E-state index contributed by atoms with van der Waals surface area (Å²) in [4.78, 5) is 40.5. The predicted molar refractivity (Wildman–Crippen MR) is 156 cm³/mol. The highest BCUT2D eigenvalue weighted by atomic mass is 35.5. The van der Waals surface area contributed by atoms with Crippen molar-refractivity contribution in [2.45, 2.75) is 0 Å². The monoisotopic (exact) mass is 594 g/mol. The fraction of sp³-hybridized carbons (Fsp3) is 0. The molecule has 4 aromatic heterocycles. The zero-order chi connectivity index (χ0) is 26.7. The third-order valence-corrected chi connectivity index (χ3v) is 8.51. The molecule has 0 unspecified atom stereocenters. The molecule has 202 valence electrons. The molecule has 0 aliphatic carbocycles. The number of benzene rings is 1. The summed E-state index contributed by atoms with van der Waals surface area (Å²) < 4.78 is 15.0. The Morgan fingerprint density at radius 1 is 0.500 bits per heavy atom. The van der Waals surface area contributed by atoms with Gasteiger partial charge in [0.15, 0.2) is 0 Å². The SMILES string of the molecule is Cl.Cl.O=C(O)c1cccc(-c2cccc(P(=O)(c3ccccc3)c3cccc(-c4cccc(C(=O)O)n4)n3)n2)n1. The maximum Gasteiger partial charge on any atom is 0.354 e.